The molecule has 0 saturated heterocycles. The van der Waals surface area contributed by atoms with E-state index in [1.54, 1.807) is 6.92 Å². The summed E-state index contributed by atoms with van der Waals surface area (Å²) in [5, 5.41) is 12.2. The maximum Gasteiger partial charge on any atom is 0.336 e. The van der Waals surface area contributed by atoms with Gasteiger partial charge in [0, 0.05) is 11.5 Å². The van der Waals surface area contributed by atoms with Crippen molar-refractivity contribution in [2.24, 2.45) is 5.92 Å². The van der Waals surface area contributed by atoms with Gasteiger partial charge < -0.3 is 14.6 Å². The third-order valence-electron chi connectivity index (χ3n) is 7.62. The van der Waals surface area contributed by atoms with Gasteiger partial charge in [-0.1, -0.05) is 93.6 Å². The van der Waals surface area contributed by atoms with E-state index in [1.165, 1.54) is 53.6 Å². The van der Waals surface area contributed by atoms with Crippen molar-refractivity contribution < 1.29 is 24.2 Å². The largest absolute Gasteiger partial charge is 0.462 e. The monoisotopic (exact) mass is 570 g/mol. The van der Waals surface area contributed by atoms with Crippen LogP contribution in [0.25, 0.3) is 10.8 Å². The highest BCUT2D eigenvalue weighted by Gasteiger charge is 2.19. The summed E-state index contributed by atoms with van der Waals surface area (Å²) in [4.78, 5) is 24.0. The molecule has 1 N–H and O–H groups in total. The first-order valence-corrected chi connectivity index (χ1v) is 15.1. The van der Waals surface area contributed by atoms with E-state index >= 15 is 0 Å². The average Bonchev–Trinajstić information content (AvgIpc) is 2.99. The zero-order chi connectivity index (χ0) is 30.5. The van der Waals surface area contributed by atoms with Crippen LogP contribution in [0.1, 0.15) is 68.7 Å². The molecule has 0 saturated carbocycles. The Morgan fingerprint density at radius 3 is 1.79 bits per heavy atom. The highest BCUT2D eigenvalue weighted by atomic mass is 16.5. The molecular formula is C37H46O5. The van der Waals surface area contributed by atoms with E-state index in [0.717, 1.165) is 31.2 Å². The minimum absolute atomic E-state index is 0.00102. The van der Waals surface area contributed by atoms with E-state index in [9.17, 15) is 14.7 Å². The van der Waals surface area contributed by atoms with Gasteiger partial charge in [0.25, 0.3) is 0 Å². The number of aryl methyl sites for hydroxylation is 4. The minimum Gasteiger partial charge on any atom is -0.462 e. The molecule has 3 aromatic carbocycles. The fourth-order valence-electron chi connectivity index (χ4n) is 4.76. The van der Waals surface area contributed by atoms with Crippen LogP contribution < -0.4 is 0 Å². The van der Waals surface area contributed by atoms with Gasteiger partial charge in [-0.15, -0.1) is 0 Å². The number of hydrogen-bond acceptors (Lipinski definition) is 5. The van der Waals surface area contributed by atoms with Crippen LogP contribution in [0.2, 0.25) is 0 Å². The molecule has 0 aliphatic carbocycles. The van der Waals surface area contributed by atoms with Crippen LogP contribution in [-0.2, 0) is 44.7 Å². The van der Waals surface area contributed by atoms with Crippen LogP contribution in [0.5, 0.6) is 0 Å². The second kappa shape index (κ2) is 16.7. The van der Waals surface area contributed by atoms with Crippen LogP contribution in [0.3, 0.4) is 0 Å². The van der Waals surface area contributed by atoms with Crippen LogP contribution in [0, 0.1) is 5.92 Å². The highest BCUT2D eigenvalue weighted by molar-refractivity contribution is 5.88. The summed E-state index contributed by atoms with van der Waals surface area (Å²) in [6, 6.07) is 22.3. The lowest BCUT2D eigenvalue weighted by Gasteiger charge is -2.18. The predicted molar refractivity (Wildman–Crippen MR) is 170 cm³/mol. The smallest absolute Gasteiger partial charge is 0.336 e. The first-order chi connectivity index (χ1) is 20.2. The Morgan fingerprint density at radius 2 is 1.24 bits per heavy atom. The van der Waals surface area contributed by atoms with Crippen molar-refractivity contribution in [2.45, 2.75) is 78.2 Å². The standard InChI is InChI=1S/C37H46O5/c1-6-7-8-9-31-18-20-35-23-32(19-21-34(35)22-31)16-14-29-10-12-30(13-11-29)15-17-33(24-41-36(39)26(2)3)25-42-37(40)27(4)28(5)38/h10-13,18-23,28,33,38H,2,4,6-9,14-17,24-25H2,1,3,5H3. The van der Waals surface area contributed by atoms with E-state index in [1.807, 2.05) is 0 Å². The molecule has 42 heavy (non-hydrogen) atoms. The number of esters is 2. The number of rotatable bonds is 17. The fourth-order valence-corrected chi connectivity index (χ4v) is 4.76. The Hall–Kier alpha value is -3.70. The van der Waals surface area contributed by atoms with Gasteiger partial charge in [0.05, 0.1) is 24.9 Å². The van der Waals surface area contributed by atoms with Crippen LogP contribution in [0.15, 0.2) is 85.0 Å². The second-order valence-corrected chi connectivity index (χ2v) is 11.4. The average molecular weight is 571 g/mol. The number of carbonyl (C=O) groups excluding carboxylic acids is 2. The zero-order valence-corrected chi connectivity index (χ0v) is 25.5. The molecule has 0 aliphatic rings. The van der Waals surface area contributed by atoms with Gasteiger partial charge in [0.2, 0.25) is 0 Å². The molecular weight excluding hydrogens is 524 g/mol. The fraction of sp³-hybridized carbons (Fsp3) is 0.405. The molecule has 0 fully saturated rings. The third-order valence-corrected chi connectivity index (χ3v) is 7.62. The Bertz CT molecular complexity index is 1350. The molecule has 5 heteroatoms. The quantitative estimate of drug-likeness (QED) is 0.103. The zero-order valence-electron chi connectivity index (χ0n) is 25.5. The summed E-state index contributed by atoms with van der Waals surface area (Å²) < 4.78 is 10.7. The van der Waals surface area contributed by atoms with Crippen molar-refractivity contribution in [3.05, 3.63) is 107 Å². The second-order valence-electron chi connectivity index (χ2n) is 11.4. The molecule has 0 spiro atoms. The van der Waals surface area contributed by atoms with Gasteiger partial charge in [-0.3, -0.25) is 0 Å². The molecule has 3 rings (SSSR count). The van der Waals surface area contributed by atoms with Gasteiger partial charge in [-0.25, -0.2) is 9.59 Å². The van der Waals surface area contributed by atoms with Gasteiger partial charge in [0.15, 0.2) is 0 Å². The topological polar surface area (TPSA) is 72.8 Å². The molecule has 0 radical (unpaired) electrons. The maximum absolute atomic E-state index is 12.1. The van der Waals surface area contributed by atoms with Gasteiger partial charge in [-0.05, 0) is 85.4 Å². The summed E-state index contributed by atoms with van der Waals surface area (Å²) >= 11 is 0. The van der Waals surface area contributed by atoms with Crippen LogP contribution in [-0.4, -0.2) is 36.4 Å². The van der Waals surface area contributed by atoms with Crippen molar-refractivity contribution in [3.8, 4) is 0 Å². The third kappa shape index (κ3) is 10.6. The lowest BCUT2D eigenvalue weighted by molar-refractivity contribution is -0.144. The van der Waals surface area contributed by atoms with E-state index in [-0.39, 0.29) is 24.7 Å². The molecule has 0 bridgehead atoms. The molecule has 5 nitrogen and oxygen atoms in total. The number of carbonyl (C=O) groups is 2. The summed E-state index contributed by atoms with van der Waals surface area (Å²) in [5.74, 6) is -1.31. The number of hydrogen-bond donors (Lipinski definition) is 1. The molecule has 0 amide bonds. The van der Waals surface area contributed by atoms with Crippen LogP contribution >= 0.6 is 0 Å². The molecule has 2 atom stereocenters. The number of aliphatic hydroxyl groups excluding tert-OH is 1. The number of aliphatic hydroxyl groups is 1. The number of benzene rings is 3. The number of fused-ring (bicyclic) bond motifs is 1. The maximum atomic E-state index is 12.1. The molecule has 224 valence electrons. The SMILES string of the molecule is C=C(C)C(=O)OCC(CCc1ccc(CCc2ccc3cc(CCCCC)ccc3c2)cc1)COC(=O)C(=C)C(C)O. The molecule has 3 aromatic rings. The Balaban J connectivity index is 1.53. The normalized spacial score (nSPS) is 12.5. The van der Waals surface area contributed by atoms with Crippen LogP contribution in [0.4, 0.5) is 0 Å². The highest BCUT2D eigenvalue weighted by Crippen LogP contribution is 2.21. The lowest BCUT2D eigenvalue weighted by Crippen LogP contribution is -2.24. The van der Waals surface area contributed by atoms with E-state index < -0.39 is 18.0 Å². The van der Waals surface area contributed by atoms with E-state index in [4.69, 9.17) is 9.47 Å². The van der Waals surface area contributed by atoms with Crippen molar-refractivity contribution in [1.29, 1.82) is 0 Å². The lowest BCUT2D eigenvalue weighted by atomic mass is 9.97. The summed E-state index contributed by atoms with van der Waals surface area (Å²) in [7, 11) is 0. The van der Waals surface area contributed by atoms with Gasteiger partial charge in [0.1, 0.15) is 0 Å². The van der Waals surface area contributed by atoms with Crippen molar-refractivity contribution >= 4 is 22.7 Å². The summed E-state index contributed by atoms with van der Waals surface area (Å²) in [6.45, 7) is 12.7. The molecule has 2 unspecified atom stereocenters. The molecule has 0 aromatic heterocycles. The molecule has 0 aliphatic heterocycles. The van der Waals surface area contributed by atoms with Gasteiger partial charge in [-0.2, -0.15) is 0 Å². The number of unbranched alkanes of at least 4 members (excludes halogenated alkanes) is 2. The first-order valence-electron chi connectivity index (χ1n) is 15.1. The predicted octanol–water partition coefficient (Wildman–Crippen LogP) is 7.51. The van der Waals surface area contributed by atoms with Crippen molar-refractivity contribution in [3.63, 3.8) is 0 Å². The van der Waals surface area contributed by atoms with E-state index in [2.05, 4.69) is 80.7 Å². The van der Waals surface area contributed by atoms with Crippen molar-refractivity contribution in [1.82, 2.24) is 0 Å². The van der Waals surface area contributed by atoms with Gasteiger partial charge >= 0.3 is 11.9 Å². The Morgan fingerprint density at radius 1 is 0.738 bits per heavy atom. The minimum atomic E-state index is -0.981. The van der Waals surface area contributed by atoms with Crippen molar-refractivity contribution in [2.75, 3.05) is 13.2 Å². The summed E-state index contributed by atoms with van der Waals surface area (Å²) in [5.41, 5.74) is 5.52. The number of ether oxygens (including phenoxy) is 2. The Kier molecular flexibility index (Phi) is 13.0. The molecule has 0 heterocycles. The first kappa shape index (κ1) is 32.8. The summed E-state index contributed by atoms with van der Waals surface area (Å²) in [6.07, 6.45) is 7.30. The Labute approximate surface area is 251 Å². The van der Waals surface area contributed by atoms with E-state index in [0.29, 0.717) is 12.0 Å².